The lowest BCUT2D eigenvalue weighted by molar-refractivity contribution is 1.08. The highest BCUT2D eigenvalue weighted by molar-refractivity contribution is 7.26. The van der Waals surface area contributed by atoms with Gasteiger partial charge in [0.2, 0.25) is 0 Å². The Morgan fingerprint density at radius 1 is 0.351 bits per heavy atom. The van der Waals surface area contributed by atoms with Gasteiger partial charge in [0.25, 0.3) is 0 Å². The largest absolute Gasteiger partial charge is 0.307 e. The third-order valence-electron chi connectivity index (χ3n) is 11.2. The summed E-state index contributed by atoms with van der Waals surface area (Å²) in [4.78, 5) is 15.2. The predicted octanol–water partition coefficient (Wildman–Crippen LogP) is 13.4. The Morgan fingerprint density at radius 2 is 0.860 bits per heavy atom. The highest BCUT2D eigenvalue weighted by atomic mass is 32.1. The van der Waals surface area contributed by atoms with Gasteiger partial charge in [0.15, 0.2) is 17.5 Å². The zero-order chi connectivity index (χ0) is 37.5. The number of fused-ring (bicyclic) bond motifs is 10. The van der Waals surface area contributed by atoms with E-state index in [1.165, 1.54) is 58.4 Å². The second-order valence-electron chi connectivity index (χ2n) is 14.4. The zero-order valence-electron chi connectivity index (χ0n) is 30.5. The molecular weight excluding hydrogens is 715 g/mol. The standard InChI is InChI=1S/C51H31N5S/c1-4-15-32(16-5-1)49-52-50(33-17-6-2-7-18-33)54-51(53-49)41-23-14-26-44-46(41)40-28-27-35(31-45(40)57-44)56-43-25-13-11-22-37(43)39-30-29-38-36-21-10-12-24-42(36)55(47(38)48(39)56)34-19-8-3-9-20-34/h1-31H. The number of para-hydroxylation sites is 3. The van der Waals surface area contributed by atoms with E-state index in [0.29, 0.717) is 17.5 Å². The molecule has 0 aliphatic heterocycles. The number of thiophene rings is 1. The van der Waals surface area contributed by atoms with E-state index in [0.717, 1.165) is 33.5 Å². The van der Waals surface area contributed by atoms with Gasteiger partial charge in [-0.1, -0.05) is 146 Å². The average Bonchev–Trinajstić information content (AvgIpc) is 3.94. The highest BCUT2D eigenvalue weighted by Gasteiger charge is 2.22. The summed E-state index contributed by atoms with van der Waals surface area (Å²) in [5, 5.41) is 7.28. The minimum absolute atomic E-state index is 0.656. The van der Waals surface area contributed by atoms with Gasteiger partial charge in [-0.25, -0.2) is 15.0 Å². The molecule has 266 valence electrons. The molecule has 0 spiro atoms. The lowest BCUT2D eigenvalue weighted by atomic mass is 10.0. The molecule has 0 aliphatic rings. The van der Waals surface area contributed by atoms with Crippen molar-refractivity contribution >= 4 is 75.1 Å². The second kappa shape index (κ2) is 12.6. The Balaban J connectivity index is 1.11. The topological polar surface area (TPSA) is 48.5 Å². The Morgan fingerprint density at radius 3 is 1.47 bits per heavy atom. The molecule has 5 nitrogen and oxygen atoms in total. The maximum atomic E-state index is 5.12. The van der Waals surface area contributed by atoms with Crippen LogP contribution in [0.15, 0.2) is 188 Å². The van der Waals surface area contributed by atoms with Crippen molar-refractivity contribution in [3.63, 3.8) is 0 Å². The second-order valence-corrected chi connectivity index (χ2v) is 15.5. The molecule has 57 heavy (non-hydrogen) atoms. The van der Waals surface area contributed by atoms with E-state index in [4.69, 9.17) is 15.0 Å². The van der Waals surface area contributed by atoms with Crippen LogP contribution in [0, 0.1) is 0 Å². The van der Waals surface area contributed by atoms with Gasteiger partial charge in [-0.05, 0) is 42.5 Å². The fourth-order valence-corrected chi connectivity index (χ4v) is 9.85. The molecule has 0 amide bonds. The van der Waals surface area contributed by atoms with E-state index in [1.807, 2.05) is 47.7 Å². The summed E-state index contributed by atoms with van der Waals surface area (Å²) in [6.45, 7) is 0. The van der Waals surface area contributed by atoms with Crippen LogP contribution < -0.4 is 0 Å². The van der Waals surface area contributed by atoms with Gasteiger partial charge < -0.3 is 9.13 Å². The number of rotatable bonds is 5. The molecule has 4 heterocycles. The van der Waals surface area contributed by atoms with Crippen molar-refractivity contribution in [2.45, 2.75) is 0 Å². The van der Waals surface area contributed by atoms with E-state index < -0.39 is 0 Å². The lowest BCUT2D eigenvalue weighted by Crippen LogP contribution is -2.00. The number of hydrogen-bond acceptors (Lipinski definition) is 4. The lowest BCUT2D eigenvalue weighted by Gasteiger charge is -2.13. The molecule has 12 aromatic rings. The summed E-state index contributed by atoms with van der Waals surface area (Å²) in [6.07, 6.45) is 0. The first-order valence-electron chi connectivity index (χ1n) is 19.1. The molecular formula is C51H31N5S. The zero-order valence-corrected chi connectivity index (χ0v) is 31.4. The first-order chi connectivity index (χ1) is 28.3. The number of benzene rings is 8. The van der Waals surface area contributed by atoms with Crippen molar-refractivity contribution in [3.05, 3.63) is 188 Å². The van der Waals surface area contributed by atoms with Gasteiger partial charge in [-0.3, -0.25) is 0 Å². The summed E-state index contributed by atoms with van der Waals surface area (Å²) in [7, 11) is 0. The van der Waals surface area contributed by atoms with Crippen LogP contribution in [-0.4, -0.2) is 24.1 Å². The quantitative estimate of drug-likeness (QED) is 0.176. The van der Waals surface area contributed by atoms with E-state index in [1.54, 1.807) is 0 Å². The molecule has 0 fully saturated rings. The number of aromatic nitrogens is 5. The van der Waals surface area contributed by atoms with Gasteiger partial charge in [-0.2, -0.15) is 0 Å². The van der Waals surface area contributed by atoms with Crippen molar-refractivity contribution in [2.75, 3.05) is 0 Å². The van der Waals surface area contributed by atoms with Crippen molar-refractivity contribution in [2.24, 2.45) is 0 Å². The third-order valence-corrected chi connectivity index (χ3v) is 12.3. The Hall–Kier alpha value is -7.41. The normalized spacial score (nSPS) is 11.9. The fraction of sp³-hybridized carbons (Fsp3) is 0. The number of hydrogen-bond donors (Lipinski definition) is 0. The predicted molar refractivity (Wildman–Crippen MR) is 238 cm³/mol. The van der Waals surface area contributed by atoms with E-state index >= 15 is 0 Å². The molecule has 0 atom stereocenters. The smallest absolute Gasteiger partial charge is 0.164 e. The maximum Gasteiger partial charge on any atom is 0.164 e. The van der Waals surface area contributed by atoms with Gasteiger partial charge in [0.05, 0.1) is 22.1 Å². The van der Waals surface area contributed by atoms with Crippen LogP contribution in [0.3, 0.4) is 0 Å². The molecule has 0 bridgehead atoms. The summed E-state index contributed by atoms with van der Waals surface area (Å²) in [6, 6.07) is 66.7. The molecule has 8 aromatic carbocycles. The number of nitrogens with zero attached hydrogens (tertiary/aromatic N) is 5. The summed E-state index contributed by atoms with van der Waals surface area (Å²) in [5.41, 5.74) is 9.94. The van der Waals surface area contributed by atoms with Crippen LogP contribution in [0.4, 0.5) is 0 Å². The molecule has 4 aromatic heterocycles. The molecule has 0 saturated heterocycles. The molecule has 6 heteroatoms. The molecule has 12 rings (SSSR count). The van der Waals surface area contributed by atoms with Gasteiger partial charge >= 0.3 is 0 Å². The van der Waals surface area contributed by atoms with Crippen molar-refractivity contribution in [1.29, 1.82) is 0 Å². The maximum absolute atomic E-state index is 5.12. The van der Waals surface area contributed by atoms with Crippen LogP contribution in [0.5, 0.6) is 0 Å². The first-order valence-corrected chi connectivity index (χ1v) is 19.9. The van der Waals surface area contributed by atoms with E-state index in [9.17, 15) is 0 Å². The van der Waals surface area contributed by atoms with Crippen LogP contribution in [0.1, 0.15) is 0 Å². The minimum Gasteiger partial charge on any atom is -0.307 e. The van der Waals surface area contributed by atoms with Crippen molar-refractivity contribution in [3.8, 4) is 45.5 Å². The third kappa shape index (κ3) is 4.91. The fourth-order valence-electron chi connectivity index (χ4n) is 8.68. The summed E-state index contributed by atoms with van der Waals surface area (Å²) >= 11 is 1.81. The monoisotopic (exact) mass is 745 g/mol. The average molecular weight is 746 g/mol. The van der Waals surface area contributed by atoms with Crippen LogP contribution >= 0.6 is 11.3 Å². The van der Waals surface area contributed by atoms with Crippen LogP contribution in [-0.2, 0) is 0 Å². The van der Waals surface area contributed by atoms with Crippen molar-refractivity contribution < 1.29 is 0 Å². The molecule has 0 saturated carbocycles. The Bertz CT molecular complexity index is 3450. The van der Waals surface area contributed by atoms with Crippen molar-refractivity contribution in [1.82, 2.24) is 24.1 Å². The Labute approximate surface area is 331 Å². The van der Waals surface area contributed by atoms with E-state index in [2.05, 4.69) is 161 Å². The van der Waals surface area contributed by atoms with Gasteiger partial charge in [0, 0.05) is 69.8 Å². The summed E-state index contributed by atoms with van der Waals surface area (Å²) in [5.74, 6) is 1.98. The van der Waals surface area contributed by atoms with Gasteiger partial charge in [-0.15, -0.1) is 11.3 Å². The van der Waals surface area contributed by atoms with Gasteiger partial charge in [0.1, 0.15) is 0 Å². The molecule has 0 unspecified atom stereocenters. The highest BCUT2D eigenvalue weighted by Crippen LogP contribution is 2.44. The Kier molecular flexibility index (Phi) is 7.03. The SMILES string of the molecule is c1ccc(-c2nc(-c3ccccc3)nc(-c3cccc4sc5cc(-n6c7ccccc7c7ccc8c9ccccc9n(-c9ccccc9)c8c76)ccc5c34)n2)cc1. The summed E-state index contributed by atoms with van der Waals surface area (Å²) < 4.78 is 7.31. The minimum atomic E-state index is 0.656. The van der Waals surface area contributed by atoms with Crippen LogP contribution in [0.25, 0.3) is 109 Å². The van der Waals surface area contributed by atoms with E-state index in [-0.39, 0.29) is 0 Å². The molecule has 0 radical (unpaired) electrons. The van der Waals surface area contributed by atoms with Crippen LogP contribution in [0.2, 0.25) is 0 Å². The molecule has 0 aliphatic carbocycles. The molecule has 0 N–H and O–H groups in total. The first kappa shape index (κ1) is 31.9.